The van der Waals surface area contributed by atoms with E-state index in [9.17, 15) is 4.79 Å². The summed E-state index contributed by atoms with van der Waals surface area (Å²) >= 11 is 0. The van der Waals surface area contributed by atoms with Crippen LogP contribution in [0.1, 0.15) is 32.8 Å². The maximum atomic E-state index is 11.1. The molecule has 2 N–H and O–H groups in total. The third-order valence-corrected chi connectivity index (χ3v) is 2.79. The Morgan fingerprint density at radius 2 is 1.95 bits per heavy atom. The van der Waals surface area contributed by atoms with Gasteiger partial charge in [-0.2, -0.15) is 0 Å². The van der Waals surface area contributed by atoms with Crippen LogP contribution >= 0.6 is 0 Å². The number of hydrogen-bond donors (Lipinski definition) is 2. The summed E-state index contributed by atoms with van der Waals surface area (Å²) in [5, 5.41) is 12.2. The molecule has 0 fully saturated rings. The molecule has 0 unspecified atom stereocenters. The summed E-state index contributed by atoms with van der Waals surface area (Å²) in [7, 11) is 0. The Bertz CT molecular complexity index is 387. The van der Waals surface area contributed by atoms with Gasteiger partial charge in [-0.3, -0.25) is 4.79 Å². The number of carboxylic acid groups (broad SMARTS) is 1. The van der Waals surface area contributed by atoms with Crippen LogP contribution < -0.4 is 10.1 Å². The first kappa shape index (κ1) is 15.5. The average molecular weight is 265 g/mol. The summed E-state index contributed by atoms with van der Waals surface area (Å²) < 4.78 is 5.37. The van der Waals surface area contributed by atoms with Crippen LogP contribution in [0.4, 0.5) is 0 Å². The van der Waals surface area contributed by atoms with Crippen LogP contribution in [0.3, 0.4) is 0 Å². The van der Waals surface area contributed by atoms with Crippen LogP contribution in [-0.2, 0) is 11.2 Å². The highest BCUT2D eigenvalue weighted by molar-refractivity contribution is 5.73. The van der Waals surface area contributed by atoms with E-state index >= 15 is 0 Å². The van der Waals surface area contributed by atoms with Crippen molar-refractivity contribution in [2.45, 2.75) is 45.7 Å². The standard InChI is InChI=1S/C15H23NO3/c1-4-19-13-8-5-12(6-9-13)7-10-14(15(17)18)16-11(2)3/h5-6,8-9,11,14,16H,4,7,10H2,1-3H3,(H,17,18)/t14-/m1/s1. The number of carboxylic acids is 1. The molecule has 0 aliphatic heterocycles. The summed E-state index contributed by atoms with van der Waals surface area (Å²) in [6, 6.07) is 7.49. The van der Waals surface area contributed by atoms with Crippen LogP contribution in [0.25, 0.3) is 0 Å². The average Bonchev–Trinajstić information content (AvgIpc) is 2.36. The molecule has 1 aromatic rings. The third-order valence-electron chi connectivity index (χ3n) is 2.79. The Labute approximate surface area is 114 Å². The van der Waals surface area contributed by atoms with Gasteiger partial charge in [-0.1, -0.05) is 26.0 Å². The molecule has 0 amide bonds. The molecule has 4 heteroatoms. The van der Waals surface area contributed by atoms with Gasteiger partial charge < -0.3 is 15.2 Å². The van der Waals surface area contributed by atoms with E-state index in [0.29, 0.717) is 13.0 Å². The monoisotopic (exact) mass is 265 g/mol. The summed E-state index contributed by atoms with van der Waals surface area (Å²) in [4.78, 5) is 11.1. The molecule has 0 saturated carbocycles. The van der Waals surface area contributed by atoms with E-state index in [1.54, 1.807) is 0 Å². The quantitative estimate of drug-likeness (QED) is 0.758. The zero-order valence-electron chi connectivity index (χ0n) is 11.8. The summed E-state index contributed by atoms with van der Waals surface area (Å²) in [6.07, 6.45) is 1.32. The largest absolute Gasteiger partial charge is 0.494 e. The normalized spacial score (nSPS) is 12.4. The van der Waals surface area contributed by atoms with Crippen molar-refractivity contribution in [1.82, 2.24) is 5.32 Å². The van der Waals surface area contributed by atoms with E-state index in [4.69, 9.17) is 9.84 Å². The molecule has 0 heterocycles. The highest BCUT2D eigenvalue weighted by atomic mass is 16.5. The minimum Gasteiger partial charge on any atom is -0.494 e. The van der Waals surface area contributed by atoms with Crippen molar-refractivity contribution in [3.8, 4) is 5.75 Å². The molecule has 4 nitrogen and oxygen atoms in total. The fourth-order valence-electron chi connectivity index (χ4n) is 1.91. The van der Waals surface area contributed by atoms with Crippen molar-refractivity contribution in [1.29, 1.82) is 0 Å². The zero-order valence-corrected chi connectivity index (χ0v) is 11.8. The highest BCUT2D eigenvalue weighted by Gasteiger charge is 2.17. The van der Waals surface area contributed by atoms with Crippen molar-refractivity contribution in [3.05, 3.63) is 29.8 Å². The number of aliphatic carboxylic acids is 1. The van der Waals surface area contributed by atoms with Crippen molar-refractivity contribution in [2.75, 3.05) is 6.61 Å². The van der Waals surface area contributed by atoms with Gasteiger partial charge in [0, 0.05) is 6.04 Å². The van der Waals surface area contributed by atoms with E-state index in [2.05, 4.69) is 5.32 Å². The summed E-state index contributed by atoms with van der Waals surface area (Å²) in [5.74, 6) is 0.0565. The molecular formula is C15H23NO3. The van der Waals surface area contributed by atoms with Crippen molar-refractivity contribution in [3.63, 3.8) is 0 Å². The Hall–Kier alpha value is -1.55. The fourth-order valence-corrected chi connectivity index (χ4v) is 1.91. The lowest BCUT2D eigenvalue weighted by molar-refractivity contribution is -0.139. The van der Waals surface area contributed by atoms with Gasteiger partial charge in [-0.25, -0.2) is 0 Å². The number of nitrogens with one attached hydrogen (secondary N) is 1. The van der Waals surface area contributed by atoms with Crippen LogP contribution in [0.2, 0.25) is 0 Å². The molecule has 0 aromatic heterocycles. The van der Waals surface area contributed by atoms with E-state index in [0.717, 1.165) is 17.7 Å². The lowest BCUT2D eigenvalue weighted by atomic mass is 10.0. The molecule has 106 valence electrons. The number of ether oxygens (including phenoxy) is 1. The predicted octanol–water partition coefficient (Wildman–Crippen LogP) is 2.47. The van der Waals surface area contributed by atoms with E-state index in [-0.39, 0.29) is 6.04 Å². The number of benzene rings is 1. The fraction of sp³-hybridized carbons (Fsp3) is 0.533. The molecule has 0 bridgehead atoms. The zero-order chi connectivity index (χ0) is 14.3. The van der Waals surface area contributed by atoms with E-state index in [1.165, 1.54) is 0 Å². The molecule has 0 saturated heterocycles. The lowest BCUT2D eigenvalue weighted by Gasteiger charge is -2.17. The number of carbonyl (C=O) groups is 1. The molecule has 1 atom stereocenters. The van der Waals surface area contributed by atoms with Crippen LogP contribution in [0, 0.1) is 0 Å². The maximum Gasteiger partial charge on any atom is 0.320 e. The number of rotatable bonds is 8. The lowest BCUT2D eigenvalue weighted by Crippen LogP contribution is -2.41. The van der Waals surface area contributed by atoms with Gasteiger partial charge in [0.05, 0.1) is 6.61 Å². The second-order valence-corrected chi connectivity index (χ2v) is 4.83. The van der Waals surface area contributed by atoms with Crippen molar-refractivity contribution >= 4 is 5.97 Å². The molecule has 0 spiro atoms. The van der Waals surface area contributed by atoms with Gasteiger partial charge >= 0.3 is 5.97 Å². The van der Waals surface area contributed by atoms with Gasteiger partial charge in [0.1, 0.15) is 11.8 Å². The Morgan fingerprint density at radius 3 is 2.42 bits per heavy atom. The van der Waals surface area contributed by atoms with Crippen LogP contribution in [0.15, 0.2) is 24.3 Å². The van der Waals surface area contributed by atoms with Crippen LogP contribution in [0.5, 0.6) is 5.75 Å². The first-order valence-corrected chi connectivity index (χ1v) is 6.73. The Balaban J connectivity index is 2.51. The molecule has 0 aliphatic carbocycles. The van der Waals surface area contributed by atoms with Gasteiger partial charge in [-0.05, 0) is 37.5 Å². The van der Waals surface area contributed by atoms with Gasteiger partial charge in [0.2, 0.25) is 0 Å². The van der Waals surface area contributed by atoms with Gasteiger partial charge in [0.15, 0.2) is 0 Å². The van der Waals surface area contributed by atoms with Crippen molar-refractivity contribution in [2.24, 2.45) is 0 Å². The Morgan fingerprint density at radius 1 is 1.32 bits per heavy atom. The van der Waals surface area contributed by atoms with Crippen LogP contribution in [-0.4, -0.2) is 29.8 Å². The second kappa shape index (κ2) is 7.79. The molecule has 1 aromatic carbocycles. The van der Waals surface area contributed by atoms with Gasteiger partial charge in [-0.15, -0.1) is 0 Å². The van der Waals surface area contributed by atoms with Crippen molar-refractivity contribution < 1.29 is 14.6 Å². The second-order valence-electron chi connectivity index (χ2n) is 4.83. The van der Waals surface area contributed by atoms with E-state index in [1.807, 2.05) is 45.0 Å². The molecule has 0 radical (unpaired) electrons. The number of aryl methyl sites for hydroxylation is 1. The first-order valence-electron chi connectivity index (χ1n) is 6.73. The summed E-state index contributed by atoms with van der Waals surface area (Å²) in [5.41, 5.74) is 1.13. The smallest absolute Gasteiger partial charge is 0.320 e. The highest BCUT2D eigenvalue weighted by Crippen LogP contribution is 2.14. The maximum absolute atomic E-state index is 11.1. The topological polar surface area (TPSA) is 58.6 Å². The molecule has 1 rings (SSSR count). The van der Waals surface area contributed by atoms with E-state index < -0.39 is 12.0 Å². The summed E-state index contributed by atoms with van der Waals surface area (Å²) in [6.45, 7) is 6.50. The predicted molar refractivity (Wildman–Crippen MR) is 75.6 cm³/mol. The number of hydrogen-bond acceptors (Lipinski definition) is 3. The molecule has 19 heavy (non-hydrogen) atoms. The Kier molecular flexibility index (Phi) is 6.36. The minimum absolute atomic E-state index is 0.168. The molecule has 0 aliphatic rings. The molecular weight excluding hydrogens is 242 g/mol. The third kappa shape index (κ3) is 5.75. The first-order chi connectivity index (χ1) is 9.02. The minimum atomic E-state index is -0.792. The SMILES string of the molecule is CCOc1ccc(CC[C@@H](NC(C)C)C(=O)O)cc1. The van der Waals surface area contributed by atoms with Gasteiger partial charge in [0.25, 0.3) is 0 Å².